The molecular formula is C15H24O4. The van der Waals surface area contributed by atoms with Gasteiger partial charge in [-0.2, -0.15) is 0 Å². The first-order valence-electron chi connectivity index (χ1n) is 7.01. The van der Waals surface area contributed by atoms with Crippen LogP contribution in [-0.2, 0) is 4.79 Å². The van der Waals surface area contributed by atoms with Gasteiger partial charge >= 0.3 is 5.97 Å². The molecule has 0 radical (unpaired) electrons. The van der Waals surface area contributed by atoms with E-state index in [1.807, 2.05) is 0 Å². The lowest BCUT2D eigenvalue weighted by atomic mass is 9.52. The van der Waals surface area contributed by atoms with Gasteiger partial charge in [-0.3, -0.25) is 0 Å². The van der Waals surface area contributed by atoms with Crippen LogP contribution in [0.2, 0.25) is 0 Å². The topological polar surface area (TPSA) is 77.8 Å². The first-order chi connectivity index (χ1) is 8.68. The van der Waals surface area contributed by atoms with E-state index >= 15 is 0 Å². The van der Waals surface area contributed by atoms with Gasteiger partial charge in [0.2, 0.25) is 0 Å². The Labute approximate surface area is 114 Å². The molecule has 19 heavy (non-hydrogen) atoms. The second-order valence-electron chi connectivity index (χ2n) is 6.79. The van der Waals surface area contributed by atoms with E-state index in [1.165, 1.54) is 0 Å². The summed E-state index contributed by atoms with van der Waals surface area (Å²) >= 11 is 0. The third kappa shape index (κ3) is 2.32. The highest BCUT2D eigenvalue weighted by molar-refractivity contribution is 5.86. The summed E-state index contributed by atoms with van der Waals surface area (Å²) in [6.45, 7) is 7.50. The normalized spacial score (nSPS) is 46.4. The fourth-order valence-electron chi connectivity index (χ4n) is 4.09. The molecule has 4 heteroatoms. The summed E-state index contributed by atoms with van der Waals surface area (Å²) < 4.78 is 0. The summed E-state index contributed by atoms with van der Waals surface area (Å²) in [6.07, 6.45) is 3.08. The van der Waals surface area contributed by atoms with Crippen molar-refractivity contribution < 1.29 is 20.1 Å². The Morgan fingerprint density at radius 2 is 1.84 bits per heavy atom. The average Bonchev–Trinajstić information content (AvgIpc) is 2.34. The number of aliphatic hydroxyl groups excluding tert-OH is 1. The molecule has 3 N–H and O–H groups in total. The minimum Gasteiger partial charge on any atom is -0.478 e. The molecule has 0 amide bonds. The van der Waals surface area contributed by atoms with Gasteiger partial charge in [0, 0.05) is 5.57 Å². The maximum absolute atomic E-state index is 11.1. The van der Waals surface area contributed by atoms with Crippen LogP contribution in [0.15, 0.2) is 12.2 Å². The number of carboxylic acids is 1. The monoisotopic (exact) mass is 268 g/mol. The largest absolute Gasteiger partial charge is 0.478 e. The van der Waals surface area contributed by atoms with Crippen molar-refractivity contribution in [1.29, 1.82) is 0 Å². The van der Waals surface area contributed by atoms with Crippen LogP contribution in [0.25, 0.3) is 0 Å². The summed E-state index contributed by atoms with van der Waals surface area (Å²) in [5.74, 6) is -1.12. The van der Waals surface area contributed by atoms with Gasteiger partial charge in [-0.15, -0.1) is 0 Å². The van der Waals surface area contributed by atoms with Crippen molar-refractivity contribution in [2.45, 2.75) is 57.7 Å². The summed E-state index contributed by atoms with van der Waals surface area (Å²) in [7, 11) is 0. The number of hydrogen-bond acceptors (Lipinski definition) is 3. The number of carboxylic acid groups (broad SMARTS) is 1. The number of hydrogen-bond donors (Lipinski definition) is 3. The number of aliphatic hydroxyl groups is 2. The van der Waals surface area contributed by atoms with E-state index in [4.69, 9.17) is 5.11 Å². The van der Waals surface area contributed by atoms with E-state index in [1.54, 1.807) is 6.92 Å². The Morgan fingerprint density at radius 3 is 2.42 bits per heavy atom. The molecule has 0 aromatic heterocycles. The number of carbonyl (C=O) groups is 1. The summed E-state index contributed by atoms with van der Waals surface area (Å²) in [4.78, 5) is 11.1. The molecule has 0 aliphatic heterocycles. The highest BCUT2D eigenvalue weighted by Crippen LogP contribution is 2.56. The van der Waals surface area contributed by atoms with Gasteiger partial charge in [0.1, 0.15) is 0 Å². The molecule has 2 unspecified atom stereocenters. The van der Waals surface area contributed by atoms with Gasteiger partial charge in [-0.05, 0) is 56.3 Å². The molecule has 0 aromatic carbocycles. The van der Waals surface area contributed by atoms with Gasteiger partial charge in [-0.1, -0.05) is 13.5 Å². The van der Waals surface area contributed by atoms with Crippen LogP contribution in [-0.4, -0.2) is 33.0 Å². The van der Waals surface area contributed by atoms with E-state index < -0.39 is 17.7 Å². The van der Waals surface area contributed by atoms with E-state index in [2.05, 4.69) is 13.5 Å². The fourth-order valence-corrected chi connectivity index (χ4v) is 4.09. The molecular weight excluding hydrogens is 244 g/mol. The minimum absolute atomic E-state index is 0.00197. The molecule has 0 bridgehead atoms. The van der Waals surface area contributed by atoms with Crippen molar-refractivity contribution in [2.24, 2.45) is 17.3 Å². The predicted molar refractivity (Wildman–Crippen MR) is 71.6 cm³/mol. The number of rotatable bonds is 2. The maximum atomic E-state index is 11.1. The smallest absolute Gasteiger partial charge is 0.331 e. The summed E-state index contributed by atoms with van der Waals surface area (Å²) in [6, 6.07) is 0. The van der Waals surface area contributed by atoms with Gasteiger partial charge in [0.15, 0.2) is 0 Å². The second kappa shape index (κ2) is 4.60. The van der Waals surface area contributed by atoms with Crippen molar-refractivity contribution in [2.75, 3.05) is 0 Å². The quantitative estimate of drug-likeness (QED) is 0.669. The van der Waals surface area contributed by atoms with Crippen molar-refractivity contribution in [3.63, 3.8) is 0 Å². The molecule has 5 atom stereocenters. The van der Waals surface area contributed by atoms with Crippen molar-refractivity contribution >= 4 is 5.97 Å². The first kappa shape index (κ1) is 14.5. The Balaban J connectivity index is 2.24. The molecule has 4 nitrogen and oxygen atoms in total. The van der Waals surface area contributed by atoms with Crippen LogP contribution in [0.5, 0.6) is 0 Å². The van der Waals surface area contributed by atoms with E-state index in [0.29, 0.717) is 12.8 Å². The van der Waals surface area contributed by atoms with E-state index in [-0.39, 0.29) is 22.8 Å². The summed E-state index contributed by atoms with van der Waals surface area (Å²) in [5, 5.41) is 29.7. The van der Waals surface area contributed by atoms with Gasteiger partial charge in [0.25, 0.3) is 0 Å². The standard InChI is InChI=1S/C15H24O4/c1-9(13(17)18)10-4-6-14(2)7-5-12(16)15(3,19)11(14)8-10/h10-12,16,19H,1,4-8H2,2-3H3,(H,17,18)/t10?,11?,12-,14+,15-/m1/s1. The predicted octanol–water partition coefficient (Wildman–Crippen LogP) is 1.96. The number of aliphatic carboxylic acids is 1. The highest BCUT2D eigenvalue weighted by Gasteiger charge is 2.55. The molecule has 2 saturated carbocycles. The summed E-state index contributed by atoms with van der Waals surface area (Å²) in [5.41, 5.74) is -0.902. The molecule has 2 aliphatic rings. The van der Waals surface area contributed by atoms with Gasteiger partial charge in [-0.25, -0.2) is 4.79 Å². The van der Waals surface area contributed by atoms with Crippen LogP contribution in [0, 0.1) is 17.3 Å². The Bertz CT molecular complexity index is 396. The van der Waals surface area contributed by atoms with Crippen molar-refractivity contribution in [3.05, 3.63) is 12.2 Å². The third-order valence-corrected chi connectivity index (χ3v) is 5.56. The maximum Gasteiger partial charge on any atom is 0.331 e. The van der Waals surface area contributed by atoms with Crippen LogP contribution >= 0.6 is 0 Å². The van der Waals surface area contributed by atoms with Gasteiger partial charge < -0.3 is 15.3 Å². The van der Waals surface area contributed by atoms with Crippen molar-refractivity contribution in [1.82, 2.24) is 0 Å². The number of fused-ring (bicyclic) bond motifs is 1. The van der Waals surface area contributed by atoms with Crippen LogP contribution in [0.4, 0.5) is 0 Å². The van der Waals surface area contributed by atoms with E-state index in [0.717, 1.165) is 19.3 Å². The fraction of sp³-hybridized carbons (Fsp3) is 0.800. The SMILES string of the molecule is C=C(C(=O)O)C1CC[C@@]2(C)CC[C@@H](O)[C@](C)(O)C2C1. The van der Waals surface area contributed by atoms with E-state index in [9.17, 15) is 15.0 Å². The molecule has 108 valence electrons. The lowest BCUT2D eigenvalue weighted by Crippen LogP contribution is -2.58. The molecule has 2 rings (SSSR count). The minimum atomic E-state index is -1.13. The Kier molecular flexibility index (Phi) is 3.52. The second-order valence-corrected chi connectivity index (χ2v) is 6.79. The lowest BCUT2D eigenvalue weighted by molar-refractivity contribution is -0.183. The van der Waals surface area contributed by atoms with Crippen molar-refractivity contribution in [3.8, 4) is 0 Å². The lowest BCUT2D eigenvalue weighted by Gasteiger charge is -2.55. The van der Waals surface area contributed by atoms with Gasteiger partial charge in [0.05, 0.1) is 11.7 Å². The molecule has 2 fully saturated rings. The molecule has 2 aliphatic carbocycles. The highest BCUT2D eigenvalue weighted by atomic mass is 16.4. The molecule has 0 spiro atoms. The Hall–Kier alpha value is -0.870. The van der Waals surface area contributed by atoms with Crippen LogP contribution in [0.3, 0.4) is 0 Å². The molecule has 0 aromatic rings. The Morgan fingerprint density at radius 1 is 1.26 bits per heavy atom. The third-order valence-electron chi connectivity index (χ3n) is 5.56. The zero-order chi connectivity index (χ0) is 14.4. The first-order valence-corrected chi connectivity index (χ1v) is 7.01. The van der Waals surface area contributed by atoms with Crippen LogP contribution < -0.4 is 0 Å². The molecule has 0 saturated heterocycles. The average molecular weight is 268 g/mol. The van der Waals surface area contributed by atoms with Crippen LogP contribution in [0.1, 0.15) is 46.0 Å². The zero-order valence-corrected chi connectivity index (χ0v) is 11.7. The molecule has 0 heterocycles. The zero-order valence-electron chi connectivity index (χ0n) is 11.7.